The summed E-state index contributed by atoms with van der Waals surface area (Å²) in [6.07, 6.45) is 4.16. The van der Waals surface area contributed by atoms with E-state index < -0.39 is 10.0 Å². The Balaban J connectivity index is 1.42. The smallest absolute Gasteiger partial charge is 0.253 e. The van der Waals surface area contributed by atoms with Gasteiger partial charge in [0.1, 0.15) is 0 Å². The van der Waals surface area contributed by atoms with Crippen LogP contribution in [-0.2, 0) is 14.8 Å². The summed E-state index contributed by atoms with van der Waals surface area (Å²) in [6.45, 7) is 1.96. The lowest BCUT2D eigenvalue weighted by Crippen LogP contribution is -2.43. The lowest BCUT2D eigenvalue weighted by atomic mass is 9.96. The molecule has 2 heterocycles. The van der Waals surface area contributed by atoms with Gasteiger partial charge >= 0.3 is 0 Å². The lowest BCUT2D eigenvalue weighted by Gasteiger charge is -2.32. The summed E-state index contributed by atoms with van der Waals surface area (Å²) < 4.78 is 27.4. The van der Waals surface area contributed by atoms with Crippen LogP contribution in [0.25, 0.3) is 0 Å². The molecule has 0 aromatic heterocycles. The first-order chi connectivity index (χ1) is 15.8. The highest BCUT2D eigenvalue weighted by Gasteiger charge is 2.30. The monoisotopic (exact) mass is 489 g/mol. The minimum absolute atomic E-state index is 0.126. The first-order valence-corrected chi connectivity index (χ1v) is 13.1. The highest BCUT2D eigenvalue weighted by molar-refractivity contribution is 7.89. The van der Waals surface area contributed by atoms with Crippen molar-refractivity contribution in [3.8, 4) is 0 Å². The van der Waals surface area contributed by atoms with Crippen LogP contribution in [0.5, 0.6) is 0 Å². The Morgan fingerprint density at radius 3 is 2.39 bits per heavy atom. The quantitative estimate of drug-likeness (QED) is 0.687. The van der Waals surface area contributed by atoms with Crippen LogP contribution in [0.3, 0.4) is 0 Å². The highest BCUT2D eigenvalue weighted by Crippen LogP contribution is 2.25. The van der Waals surface area contributed by atoms with Crippen molar-refractivity contribution in [2.24, 2.45) is 5.92 Å². The zero-order chi connectivity index (χ0) is 23.4. The lowest BCUT2D eigenvalue weighted by molar-refractivity contribution is -0.121. The van der Waals surface area contributed by atoms with Crippen LogP contribution < -0.4 is 5.32 Å². The average molecular weight is 490 g/mol. The van der Waals surface area contributed by atoms with Gasteiger partial charge in [-0.25, -0.2) is 8.42 Å². The number of anilines is 1. The Morgan fingerprint density at radius 2 is 1.67 bits per heavy atom. The van der Waals surface area contributed by atoms with E-state index in [1.54, 1.807) is 47.4 Å². The Hall–Kier alpha value is -2.42. The van der Waals surface area contributed by atoms with Gasteiger partial charge in [0.15, 0.2) is 0 Å². The van der Waals surface area contributed by atoms with Gasteiger partial charge in [-0.05, 0) is 68.1 Å². The van der Waals surface area contributed by atoms with Crippen LogP contribution in [-0.4, -0.2) is 55.6 Å². The number of amides is 2. The van der Waals surface area contributed by atoms with E-state index in [4.69, 9.17) is 11.6 Å². The fourth-order valence-electron chi connectivity index (χ4n) is 4.38. The third-order valence-corrected chi connectivity index (χ3v) is 8.37. The zero-order valence-corrected chi connectivity index (χ0v) is 19.9. The topological polar surface area (TPSA) is 86.8 Å². The summed E-state index contributed by atoms with van der Waals surface area (Å²) in [5.41, 5.74) is 0.982. The van der Waals surface area contributed by atoms with Gasteiger partial charge < -0.3 is 10.2 Å². The number of nitrogens with zero attached hydrogens (tertiary/aromatic N) is 2. The van der Waals surface area contributed by atoms with Crippen LogP contribution in [0.15, 0.2) is 53.4 Å². The van der Waals surface area contributed by atoms with Gasteiger partial charge in [-0.2, -0.15) is 4.31 Å². The molecule has 1 N–H and O–H groups in total. The standard InChI is InChI=1S/C24H28ClN3O4S/c25-20-11-9-18(10-12-20)24(30)27-13-5-6-19(17-27)23(29)26-21-7-4-8-22(16-21)33(31,32)28-14-2-1-3-15-28/h4,7-12,16,19H,1-3,5-6,13-15,17H2,(H,26,29)/t19-/m0/s1. The molecule has 2 aromatic carbocycles. The Kier molecular flexibility index (Phi) is 7.36. The summed E-state index contributed by atoms with van der Waals surface area (Å²) in [4.78, 5) is 27.6. The molecular weight excluding hydrogens is 462 g/mol. The number of carbonyl (C=O) groups is 2. The molecule has 2 aliphatic heterocycles. The number of likely N-dealkylation sites (tertiary alicyclic amines) is 1. The number of hydrogen-bond donors (Lipinski definition) is 1. The van der Waals surface area contributed by atoms with Gasteiger partial charge in [-0.3, -0.25) is 9.59 Å². The maximum absolute atomic E-state index is 13.0. The van der Waals surface area contributed by atoms with Gasteiger partial charge in [0, 0.05) is 42.5 Å². The maximum Gasteiger partial charge on any atom is 0.253 e. The summed E-state index contributed by atoms with van der Waals surface area (Å²) in [6, 6.07) is 13.1. The number of carbonyl (C=O) groups excluding carboxylic acids is 2. The molecule has 4 rings (SSSR count). The van der Waals surface area contributed by atoms with E-state index in [1.807, 2.05) is 0 Å². The predicted octanol–water partition coefficient (Wildman–Crippen LogP) is 4.01. The van der Waals surface area contributed by atoms with Crippen molar-refractivity contribution in [1.29, 1.82) is 0 Å². The third kappa shape index (κ3) is 5.57. The molecule has 2 amide bonds. The number of sulfonamides is 1. The maximum atomic E-state index is 13.0. The average Bonchev–Trinajstić information content (AvgIpc) is 2.85. The number of halogens is 1. The molecule has 2 fully saturated rings. The first kappa shape index (κ1) is 23.7. The van der Waals surface area contributed by atoms with Gasteiger partial charge in [-0.15, -0.1) is 0 Å². The van der Waals surface area contributed by atoms with Crippen LogP contribution in [0.1, 0.15) is 42.5 Å². The third-order valence-electron chi connectivity index (χ3n) is 6.22. The van der Waals surface area contributed by atoms with E-state index in [9.17, 15) is 18.0 Å². The SMILES string of the molecule is O=C(Nc1cccc(S(=O)(=O)N2CCCCC2)c1)[C@H]1CCCN(C(=O)c2ccc(Cl)cc2)C1. The number of nitrogens with one attached hydrogen (secondary N) is 1. The largest absolute Gasteiger partial charge is 0.338 e. The van der Waals surface area contributed by atoms with Gasteiger partial charge in [0.25, 0.3) is 5.91 Å². The Labute approximate surface area is 199 Å². The van der Waals surface area contributed by atoms with Crippen molar-refractivity contribution < 1.29 is 18.0 Å². The summed E-state index contributed by atoms with van der Waals surface area (Å²) >= 11 is 5.91. The number of hydrogen-bond acceptors (Lipinski definition) is 4. The second-order valence-corrected chi connectivity index (χ2v) is 11.0. The molecule has 33 heavy (non-hydrogen) atoms. The predicted molar refractivity (Wildman–Crippen MR) is 128 cm³/mol. The van der Waals surface area contributed by atoms with Crippen LogP contribution in [0, 0.1) is 5.92 Å². The van der Waals surface area contributed by atoms with Crippen LogP contribution in [0.2, 0.25) is 5.02 Å². The molecule has 1 atom stereocenters. The molecule has 2 saturated heterocycles. The Bertz CT molecular complexity index is 1110. The molecule has 0 unspecified atom stereocenters. The molecule has 0 saturated carbocycles. The van der Waals surface area contributed by atoms with Crippen LogP contribution in [0.4, 0.5) is 5.69 Å². The molecule has 7 nitrogen and oxygen atoms in total. The summed E-state index contributed by atoms with van der Waals surface area (Å²) in [5, 5.41) is 3.42. The molecular formula is C24H28ClN3O4S. The van der Waals surface area contributed by atoms with Gasteiger partial charge in [0.05, 0.1) is 10.8 Å². The zero-order valence-electron chi connectivity index (χ0n) is 18.4. The number of piperidine rings is 2. The normalized spacial score (nSPS) is 19.8. The van der Waals surface area contributed by atoms with Crippen molar-refractivity contribution in [3.05, 3.63) is 59.1 Å². The number of rotatable bonds is 5. The molecule has 0 spiro atoms. The minimum atomic E-state index is -3.58. The van der Waals surface area contributed by atoms with Crippen molar-refractivity contribution in [3.63, 3.8) is 0 Å². The van der Waals surface area contributed by atoms with E-state index in [2.05, 4.69) is 5.32 Å². The fourth-order valence-corrected chi connectivity index (χ4v) is 6.07. The number of benzene rings is 2. The first-order valence-electron chi connectivity index (χ1n) is 11.3. The molecule has 0 aliphatic carbocycles. The second kappa shape index (κ2) is 10.2. The van der Waals surface area contributed by atoms with Gasteiger partial charge in [0.2, 0.25) is 15.9 Å². The van der Waals surface area contributed by atoms with Crippen molar-refractivity contribution in [2.45, 2.75) is 37.0 Å². The van der Waals surface area contributed by atoms with E-state index in [0.29, 0.717) is 48.9 Å². The summed E-state index contributed by atoms with van der Waals surface area (Å²) in [7, 11) is -3.58. The molecule has 176 valence electrons. The molecule has 2 aliphatic rings. The molecule has 0 bridgehead atoms. The van der Waals surface area contributed by atoms with E-state index in [1.165, 1.54) is 10.4 Å². The molecule has 2 aromatic rings. The van der Waals surface area contributed by atoms with E-state index in [0.717, 1.165) is 25.7 Å². The van der Waals surface area contributed by atoms with E-state index >= 15 is 0 Å². The highest BCUT2D eigenvalue weighted by atomic mass is 35.5. The summed E-state index contributed by atoms with van der Waals surface area (Å²) in [5.74, 6) is -0.702. The van der Waals surface area contributed by atoms with Crippen molar-refractivity contribution in [2.75, 3.05) is 31.5 Å². The van der Waals surface area contributed by atoms with Gasteiger partial charge in [-0.1, -0.05) is 24.1 Å². The fraction of sp³-hybridized carbons (Fsp3) is 0.417. The Morgan fingerprint density at radius 1 is 0.939 bits per heavy atom. The molecule has 9 heteroatoms. The van der Waals surface area contributed by atoms with Crippen LogP contribution >= 0.6 is 11.6 Å². The second-order valence-electron chi connectivity index (χ2n) is 8.58. The van der Waals surface area contributed by atoms with Crippen molar-refractivity contribution >= 4 is 39.1 Å². The van der Waals surface area contributed by atoms with E-state index in [-0.39, 0.29) is 22.6 Å². The molecule has 0 radical (unpaired) electrons. The minimum Gasteiger partial charge on any atom is -0.338 e. The van der Waals surface area contributed by atoms with Crippen molar-refractivity contribution in [1.82, 2.24) is 9.21 Å².